The first-order chi connectivity index (χ1) is 13.2. The summed E-state index contributed by atoms with van der Waals surface area (Å²) in [5, 5.41) is 11.0. The standard InChI is InChI=1S/C17H17FN4O5S/c18-13-3-1-2-4-16(13)28(26,27)21-9-7-20(8-10-21)17(23)12-5-6-14(19)15(11-12)22(24)25/h1-6,11H,7-10,19H2. The van der Waals surface area contributed by atoms with E-state index < -0.39 is 31.6 Å². The van der Waals surface area contributed by atoms with Gasteiger partial charge in [-0.3, -0.25) is 14.9 Å². The number of halogens is 1. The Morgan fingerprint density at radius 2 is 1.75 bits per heavy atom. The third-order valence-corrected chi connectivity index (χ3v) is 6.39. The van der Waals surface area contributed by atoms with Crippen molar-refractivity contribution in [1.82, 2.24) is 9.21 Å². The highest BCUT2D eigenvalue weighted by Crippen LogP contribution is 2.24. The molecule has 0 saturated carbocycles. The van der Waals surface area contributed by atoms with Crippen LogP contribution >= 0.6 is 0 Å². The number of benzene rings is 2. The van der Waals surface area contributed by atoms with Gasteiger partial charge in [-0.25, -0.2) is 12.8 Å². The molecular weight excluding hydrogens is 391 g/mol. The molecule has 0 unspecified atom stereocenters. The van der Waals surface area contributed by atoms with Crippen LogP contribution in [-0.4, -0.2) is 54.6 Å². The topological polar surface area (TPSA) is 127 Å². The average Bonchev–Trinajstić information content (AvgIpc) is 2.68. The van der Waals surface area contributed by atoms with Gasteiger partial charge in [0.25, 0.3) is 11.6 Å². The SMILES string of the molecule is Nc1ccc(C(=O)N2CCN(S(=O)(=O)c3ccccc3F)CC2)cc1[N+](=O)[O-]. The zero-order chi connectivity index (χ0) is 20.5. The van der Waals surface area contributed by atoms with E-state index in [2.05, 4.69) is 0 Å². The number of hydrogen-bond donors (Lipinski definition) is 1. The van der Waals surface area contributed by atoms with Crippen molar-refractivity contribution in [2.75, 3.05) is 31.9 Å². The summed E-state index contributed by atoms with van der Waals surface area (Å²) >= 11 is 0. The third-order valence-electron chi connectivity index (χ3n) is 4.45. The number of rotatable bonds is 4. The monoisotopic (exact) mass is 408 g/mol. The van der Waals surface area contributed by atoms with Gasteiger partial charge in [0, 0.05) is 37.8 Å². The summed E-state index contributed by atoms with van der Waals surface area (Å²) in [6, 6.07) is 8.86. The molecule has 0 bridgehead atoms. The Morgan fingerprint density at radius 1 is 1.11 bits per heavy atom. The van der Waals surface area contributed by atoms with Gasteiger partial charge in [0.2, 0.25) is 10.0 Å². The Labute approximate surface area is 160 Å². The fourth-order valence-electron chi connectivity index (χ4n) is 2.94. The van der Waals surface area contributed by atoms with Gasteiger partial charge in [-0.1, -0.05) is 12.1 Å². The molecule has 2 aromatic rings. The van der Waals surface area contributed by atoms with Crippen LogP contribution in [0.4, 0.5) is 15.8 Å². The maximum Gasteiger partial charge on any atom is 0.292 e. The van der Waals surface area contributed by atoms with Crippen molar-refractivity contribution in [3.05, 3.63) is 64.0 Å². The molecule has 148 valence electrons. The van der Waals surface area contributed by atoms with E-state index in [0.717, 1.165) is 16.4 Å². The predicted octanol–water partition coefficient (Wildman–Crippen LogP) is 1.46. The Bertz CT molecular complexity index is 1040. The van der Waals surface area contributed by atoms with Crippen LogP contribution in [-0.2, 0) is 10.0 Å². The second-order valence-electron chi connectivity index (χ2n) is 6.16. The van der Waals surface area contributed by atoms with Crippen molar-refractivity contribution in [2.45, 2.75) is 4.90 Å². The quantitative estimate of drug-likeness (QED) is 0.464. The van der Waals surface area contributed by atoms with Crippen LogP contribution in [0.1, 0.15) is 10.4 Å². The fraction of sp³-hybridized carbons (Fsp3) is 0.235. The molecule has 9 nitrogen and oxygen atoms in total. The zero-order valence-electron chi connectivity index (χ0n) is 14.6. The fourth-order valence-corrected chi connectivity index (χ4v) is 4.43. The molecule has 11 heteroatoms. The number of nitrogens with zero attached hydrogens (tertiary/aromatic N) is 3. The van der Waals surface area contributed by atoms with Gasteiger partial charge in [0.05, 0.1) is 4.92 Å². The highest BCUT2D eigenvalue weighted by Gasteiger charge is 2.32. The molecule has 28 heavy (non-hydrogen) atoms. The van der Waals surface area contributed by atoms with E-state index in [-0.39, 0.29) is 43.1 Å². The van der Waals surface area contributed by atoms with E-state index in [1.807, 2.05) is 0 Å². The smallest absolute Gasteiger partial charge is 0.292 e. The van der Waals surface area contributed by atoms with E-state index in [9.17, 15) is 27.7 Å². The van der Waals surface area contributed by atoms with Crippen molar-refractivity contribution >= 4 is 27.3 Å². The maximum absolute atomic E-state index is 13.9. The number of anilines is 1. The highest BCUT2D eigenvalue weighted by molar-refractivity contribution is 7.89. The minimum absolute atomic E-state index is 0.0144. The molecule has 0 aromatic heterocycles. The molecule has 1 saturated heterocycles. The molecule has 1 aliphatic rings. The van der Waals surface area contributed by atoms with Crippen LogP contribution in [0.2, 0.25) is 0 Å². The summed E-state index contributed by atoms with van der Waals surface area (Å²) in [7, 11) is -4.02. The van der Waals surface area contributed by atoms with E-state index in [1.54, 1.807) is 0 Å². The second-order valence-corrected chi connectivity index (χ2v) is 8.06. The first kappa shape index (κ1) is 19.7. The van der Waals surface area contributed by atoms with Gasteiger partial charge >= 0.3 is 0 Å². The third kappa shape index (κ3) is 3.66. The van der Waals surface area contributed by atoms with Crippen molar-refractivity contribution in [3.63, 3.8) is 0 Å². The minimum Gasteiger partial charge on any atom is -0.393 e. The van der Waals surface area contributed by atoms with Crippen molar-refractivity contribution in [2.24, 2.45) is 0 Å². The summed E-state index contributed by atoms with van der Waals surface area (Å²) in [6.45, 7) is 0.119. The number of hydrogen-bond acceptors (Lipinski definition) is 6. The lowest BCUT2D eigenvalue weighted by atomic mass is 10.1. The van der Waals surface area contributed by atoms with Crippen LogP contribution in [0.15, 0.2) is 47.4 Å². The van der Waals surface area contributed by atoms with Crippen LogP contribution < -0.4 is 5.73 Å². The average molecular weight is 408 g/mol. The molecule has 1 amide bonds. The molecule has 0 radical (unpaired) electrons. The van der Waals surface area contributed by atoms with Gasteiger partial charge in [-0.05, 0) is 24.3 Å². The lowest BCUT2D eigenvalue weighted by Gasteiger charge is -2.34. The maximum atomic E-state index is 13.9. The van der Waals surface area contributed by atoms with E-state index in [4.69, 9.17) is 5.73 Å². The van der Waals surface area contributed by atoms with Crippen LogP contribution in [0.5, 0.6) is 0 Å². The van der Waals surface area contributed by atoms with Crippen molar-refractivity contribution < 1.29 is 22.5 Å². The number of nitro groups is 1. The van der Waals surface area contributed by atoms with Gasteiger partial charge in [-0.15, -0.1) is 0 Å². The molecule has 0 spiro atoms. The van der Waals surface area contributed by atoms with E-state index in [1.165, 1.54) is 35.2 Å². The number of amides is 1. The summed E-state index contributed by atoms with van der Waals surface area (Å²) in [4.78, 5) is 23.9. The summed E-state index contributed by atoms with van der Waals surface area (Å²) < 4.78 is 40.2. The summed E-state index contributed by atoms with van der Waals surface area (Å²) in [5.74, 6) is -1.30. The Morgan fingerprint density at radius 3 is 2.36 bits per heavy atom. The molecular formula is C17H17FN4O5S. The lowest BCUT2D eigenvalue weighted by Crippen LogP contribution is -2.50. The van der Waals surface area contributed by atoms with Gasteiger partial charge in [0.15, 0.2) is 0 Å². The minimum atomic E-state index is -4.02. The molecule has 0 atom stereocenters. The number of nitrogen functional groups attached to an aromatic ring is 1. The predicted molar refractivity (Wildman–Crippen MR) is 98.6 cm³/mol. The number of piperazine rings is 1. The van der Waals surface area contributed by atoms with Gasteiger partial charge in [0.1, 0.15) is 16.4 Å². The normalized spacial score (nSPS) is 15.4. The van der Waals surface area contributed by atoms with Crippen LogP contribution in [0.25, 0.3) is 0 Å². The number of nitro benzene ring substituents is 1. The van der Waals surface area contributed by atoms with E-state index in [0.29, 0.717) is 0 Å². The summed E-state index contributed by atoms with van der Waals surface area (Å²) in [5.41, 5.74) is 5.20. The van der Waals surface area contributed by atoms with Crippen molar-refractivity contribution in [3.8, 4) is 0 Å². The number of carbonyl (C=O) groups excluding carboxylic acids is 1. The van der Waals surface area contributed by atoms with Gasteiger partial charge < -0.3 is 10.6 Å². The lowest BCUT2D eigenvalue weighted by molar-refractivity contribution is -0.383. The molecule has 1 aliphatic heterocycles. The molecule has 2 N–H and O–H groups in total. The first-order valence-corrected chi connectivity index (χ1v) is 9.73. The van der Waals surface area contributed by atoms with Gasteiger partial charge in [-0.2, -0.15) is 4.31 Å². The van der Waals surface area contributed by atoms with Crippen LogP contribution in [0.3, 0.4) is 0 Å². The summed E-state index contributed by atoms with van der Waals surface area (Å²) in [6.07, 6.45) is 0. The number of sulfonamides is 1. The molecule has 0 aliphatic carbocycles. The van der Waals surface area contributed by atoms with Crippen LogP contribution in [0, 0.1) is 15.9 Å². The molecule has 2 aromatic carbocycles. The number of carbonyl (C=O) groups is 1. The van der Waals surface area contributed by atoms with Crippen molar-refractivity contribution in [1.29, 1.82) is 0 Å². The molecule has 3 rings (SSSR count). The molecule has 1 fully saturated rings. The first-order valence-electron chi connectivity index (χ1n) is 8.29. The largest absolute Gasteiger partial charge is 0.393 e. The Balaban J connectivity index is 1.74. The Kier molecular flexibility index (Phi) is 5.29. The van der Waals surface area contributed by atoms with E-state index >= 15 is 0 Å². The molecule has 1 heterocycles. The Hall–Kier alpha value is -3.05. The number of nitrogens with two attached hydrogens (primary N) is 1. The highest BCUT2D eigenvalue weighted by atomic mass is 32.2. The zero-order valence-corrected chi connectivity index (χ0v) is 15.4. The second kappa shape index (κ2) is 7.52.